The van der Waals surface area contributed by atoms with E-state index in [2.05, 4.69) is 29.6 Å². The Morgan fingerprint density at radius 3 is 2.89 bits per heavy atom. The lowest BCUT2D eigenvalue weighted by atomic mass is 9.89. The predicted molar refractivity (Wildman–Crippen MR) is 74.7 cm³/mol. The first-order valence-corrected chi connectivity index (χ1v) is 6.18. The van der Waals surface area contributed by atoms with E-state index >= 15 is 0 Å². The molecular formula is C13H22N4O2. The third-order valence-electron chi connectivity index (χ3n) is 2.88. The molecule has 1 heterocycles. The van der Waals surface area contributed by atoms with Gasteiger partial charge in [-0.1, -0.05) is 13.8 Å². The maximum Gasteiger partial charge on any atom is 0.251 e. The first-order chi connectivity index (χ1) is 8.98. The second-order valence-electron chi connectivity index (χ2n) is 5.16. The largest absolute Gasteiger partial charge is 0.385 e. The van der Waals surface area contributed by atoms with E-state index in [0.29, 0.717) is 24.5 Å². The van der Waals surface area contributed by atoms with E-state index in [0.717, 1.165) is 6.42 Å². The summed E-state index contributed by atoms with van der Waals surface area (Å²) in [6.45, 7) is 5.44. The fraction of sp³-hybridized carbons (Fsp3) is 0.538. The Bertz CT molecular complexity index is 421. The molecule has 0 saturated heterocycles. The van der Waals surface area contributed by atoms with Crippen LogP contribution < -0.4 is 16.6 Å². The molecule has 4 N–H and O–H groups in total. The van der Waals surface area contributed by atoms with Gasteiger partial charge in [0.1, 0.15) is 5.82 Å². The van der Waals surface area contributed by atoms with Crippen molar-refractivity contribution < 1.29 is 9.53 Å². The summed E-state index contributed by atoms with van der Waals surface area (Å²) < 4.78 is 5.06. The lowest BCUT2D eigenvalue weighted by Crippen LogP contribution is -2.34. The van der Waals surface area contributed by atoms with Gasteiger partial charge in [-0.05, 0) is 24.0 Å². The molecule has 1 aromatic rings. The van der Waals surface area contributed by atoms with Crippen molar-refractivity contribution in [3.05, 3.63) is 23.9 Å². The Hall–Kier alpha value is -1.66. The molecule has 0 radical (unpaired) electrons. The average Bonchev–Trinajstić information content (AvgIpc) is 2.43. The zero-order valence-corrected chi connectivity index (χ0v) is 11.7. The van der Waals surface area contributed by atoms with Gasteiger partial charge in [-0.2, -0.15) is 0 Å². The van der Waals surface area contributed by atoms with Crippen molar-refractivity contribution in [3.8, 4) is 0 Å². The summed E-state index contributed by atoms with van der Waals surface area (Å²) in [6.07, 6.45) is 2.43. The molecule has 6 heteroatoms. The molecule has 0 aliphatic rings. The Kier molecular flexibility index (Phi) is 5.72. The molecule has 19 heavy (non-hydrogen) atoms. The number of hydrogen-bond acceptors (Lipinski definition) is 5. The predicted octanol–water partition coefficient (Wildman–Crippen LogP) is 1.16. The second kappa shape index (κ2) is 7.06. The van der Waals surface area contributed by atoms with E-state index in [1.54, 1.807) is 25.4 Å². The number of ether oxygens (including phenoxy) is 1. The fourth-order valence-corrected chi connectivity index (χ4v) is 1.54. The molecule has 1 rings (SSSR count). The van der Waals surface area contributed by atoms with Crippen molar-refractivity contribution in [2.24, 2.45) is 11.3 Å². The number of nitrogens with zero attached hydrogens (tertiary/aromatic N) is 1. The molecule has 0 unspecified atom stereocenters. The Labute approximate surface area is 113 Å². The third kappa shape index (κ3) is 5.23. The topological polar surface area (TPSA) is 89.3 Å². The molecule has 0 bridgehead atoms. The molecule has 0 fully saturated rings. The van der Waals surface area contributed by atoms with Gasteiger partial charge in [0, 0.05) is 32.0 Å². The van der Waals surface area contributed by atoms with E-state index in [9.17, 15) is 4.79 Å². The van der Waals surface area contributed by atoms with E-state index in [-0.39, 0.29) is 11.3 Å². The van der Waals surface area contributed by atoms with Gasteiger partial charge in [0.05, 0.1) is 0 Å². The van der Waals surface area contributed by atoms with Crippen LogP contribution in [0, 0.1) is 5.41 Å². The number of pyridine rings is 1. The summed E-state index contributed by atoms with van der Waals surface area (Å²) in [4.78, 5) is 16.0. The van der Waals surface area contributed by atoms with E-state index in [4.69, 9.17) is 10.6 Å². The average molecular weight is 266 g/mol. The molecule has 6 nitrogen and oxygen atoms in total. The highest BCUT2D eigenvalue weighted by molar-refractivity contribution is 5.94. The number of amides is 1. The molecule has 0 atom stereocenters. The van der Waals surface area contributed by atoms with Crippen molar-refractivity contribution in [3.63, 3.8) is 0 Å². The number of carbonyl (C=O) groups is 1. The second-order valence-corrected chi connectivity index (χ2v) is 5.16. The van der Waals surface area contributed by atoms with Crippen molar-refractivity contribution in [1.29, 1.82) is 0 Å². The number of methoxy groups -OCH3 is 1. The minimum Gasteiger partial charge on any atom is -0.385 e. The zero-order chi connectivity index (χ0) is 14.3. The smallest absolute Gasteiger partial charge is 0.251 e. The lowest BCUT2D eigenvalue weighted by Gasteiger charge is -2.24. The first kappa shape index (κ1) is 15.4. The summed E-state index contributed by atoms with van der Waals surface area (Å²) in [5, 5.41) is 2.91. The highest BCUT2D eigenvalue weighted by Crippen LogP contribution is 2.19. The number of rotatable bonds is 7. The van der Waals surface area contributed by atoms with Crippen LogP contribution in [0.25, 0.3) is 0 Å². The number of nitrogens with two attached hydrogens (primary N) is 1. The number of anilines is 1. The molecular weight excluding hydrogens is 244 g/mol. The van der Waals surface area contributed by atoms with Gasteiger partial charge < -0.3 is 15.5 Å². The molecule has 0 aliphatic heterocycles. The van der Waals surface area contributed by atoms with Crippen LogP contribution in [0.15, 0.2) is 18.3 Å². The molecule has 1 aromatic heterocycles. The van der Waals surface area contributed by atoms with Crippen LogP contribution in [0.1, 0.15) is 30.6 Å². The number of aromatic nitrogens is 1. The van der Waals surface area contributed by atoms with Gasteiger partial charge in [-0.25, -0.2) is 10.8 Å². The first-order valence-electron chi connectivity index (χ1n) is 6.18. The number of carbonyl (C=O) groups excluding carboxylic acids is 1. The third-order valence-corrected chi connectivity index (χ3v) is 2.88. The van der Waals surface area contributed by atoms with Crippen LogP contribution in [-0.2, 0) is 4.74 Å². The quantitative estimate of drug-likeness (QED) is 0.509. The molecule has 106 valence electrons. The van der Waals surface area contributed by atoms with Gasteiger partial charge in [0.15, 0.2) is 0 Å². The van der Waals surface area contributed by atoms with Gasteiger partial charge in [-0.3, -0.25) is 4.79 Å². The number of nitrogens with one attached hydrogen (secondary N) is 2. The maximum absolute atomic E-state index is 12.0. The molecule has 1 amide bonds. The highest BCUT2D eigenvalue weighted by atomic mass is 16.5. The fourth-order valence-electron chi connectivity index (χ4n) is 1.54. The van der Waals surface area contributed by atoms with Gasteiger partial charge in [0.25, 0.3) is 5.91 Å². The van der Waals surface area contributed by atoms with Crippen molar-refractivity contribution in [2.45, 2.75) is 20.3 Å². The summed E-state index contributed by atoms with van der Waals surface area (Å²) in [5.41, 5.74) is 2.94. The Balaban J connectivity index is 2.55. The van der Waals surface area contributed by atoms with Gasteiger partial charge in [0.2, 0.25) is 0 Å². The van der Waals surface area contributed by atoms with Crippen LogP contribution in [-0.4, -0.2) is 31.2 Å². The minimum atomic E-state index is -0.135. The lowest BCUT2D eigenvalue weighted by molar-refractivity contribution is 0.0921. The zero-order valence-electron chi connectivity index (χ0n) is 11.7. The molecule has 0 spiro atoms. The summed E-state index contributed by atoms with van der Waals surface area (Å²) in [6, 6.07) is 3.26. The van der Waals surface area contributed by atoms with Crippen LogP contribution in [0.3, 0.4) is 0 Å². The van der Waals surface area contributed by atoms with E-state index < -0.39 is 0 Å². The van der Waals surface area contributed by atoms with Crippen molar-refractivity contribution in [1.82, 2.24) is 10.3 Å². The van der Waals surface area contributed by atoms with E-state index in [1.165, 1.54) is 0 Å². The Morgan fingerprint density at radius 1 is 1.53 bits per heavy atom. The number of hydrogen-bond donors (Lipinski definition) is 3. The number of hydrazine groups is 1. The van der Waals surface area contributed by atoms with Crippen LogP contribution in [0.2, 0.25) is 0 Å². The Morgan fingerprint density at radius 2 is 2.26 bits per heavy atom. The molecule has 0 saturated carbocycles. The monoisotopic (exact) mass is 266 g/mol. The molecule has 0 aliphatic carbocycles. The van der Waals surface area contributed by atoms with Gasteiger partial charge >= 0.3 is 0 Å². The highest BCUT2D eigenvalue weighted by Gasteiger charge is 2.19. The molecule has 0 aromatic carbocycles. The van der Waals surface area contributed by atoms with Crippen LogP contribution in [0.4, 0.5) is 5.82 Å². The van der Waals surface area contributed by atoms with Crippen LogP contribution >= 0.6 is 0 Å². The van der Waals surface area contributed by atoms with Crippen molar-refractivity contribution in [2.75, 3.05) is 25.7 Å². The summed E-state index contributed by atoms with van der Waals surface area (Å²) in [5.74, 6) is 5.59. The minimum absolute atomic E-state index is 0.00630. The SMILES string of the molecule is COCCC(C)(C)CNC(=O)c1ccnc(NN)c1. The standard InChI is InChI=1S/C13H22N4O2/c1-13(2,5-7-19-3)9-16-12(18)10-4-6-15-11(8-10)17-14/h4,6,8H,5,7,9,14H2,1-3H3,(H,15,17)(H,16,18). The van der Waals surface area contributed by atoms with Gasteiger partial charge in [-0.15, -0.1) is 0 Å². The van der Waals surface area contributed by atoms with Crippen LogP contribution in [0.5, 0.6) is 0 Å². The summed E-state index contributed by atoms with van der Waals surface area (Å²) >= 11 is 0. The van der Waals surface area contributed by atoms with Crippen molar-refractivity contribution >= 4 is 11.7 Å². The summed E-state index contributed by atoms with van der Waals surface area (Å²) in [7, 11) is 1.67. The maximum atomic E-state index is 12.0. The normalized spacial score (nSPS) is 11.2. The van der Waals surface area contributed by atoms with E-state index in [1.807, 2.05) is 0 Å². The number of nitrogen functional groups attached to an aromatic ring is 1.